The summed E-state index contributed by atoms with van der Waals surface area (Å²) < 4.78 is 16.8. The first-order chi connectivity index (χ1) is 29.5. The lowest BCUT2D eigenvalue weighted by atomic mass is 10.0. The molecule has 0 aromatic rings. The molecule has 0 aromatic carbocycles. The normalized spacial score (nSPS) is 12.2. The van der Waals surface area contributed by atoms with Crippen LogP contribution in [0.15, 0.2) is 36.5 Å². The van der Waals surface area contributed by atoms with Gasteiger partial charge in [-0.15, -0.1) is 0 Å². The maximum Gasteiger partial charge on any atom is 0.306 e. The van der Waals surface area contributed by atoms with Crippen LogP contribution in [-0.2, 0) is 28.6 Å². The van der Waals surface area contributed by atoms with Crippen molar-refractivity contribution in [3.8, 4) is 0 Å². The summed E-state index contributed by atoms with van der Waals surface area (Å²) in [5.41, 5.74) is 0. The smallest absolute Gasteiger partial charge is 0.306 e. The van der Waals surface area contributed by atoms with Gasteiger partial charge in [-0.1, -0.05) is 224 Å². The summed E-state index contributed by atoms with van der Waals surface area (Å²) in [7, 11) is 0. The molecule has 0 spiro atoms. The molecule has 1 atom stereocenters. The van der Waals surface area contributed by atoms with E-state index < -0.39 is 6.10 Å². The number of carbonyl (C=O) groups is 3. The average Bonchev–Trinajstić information content (AvgIpc) is 3.24. The van der Waals surface area contributed by atoms with Crippen LogP contribution in [0.25, 0.3) is 0 Å². The summed E-state index contributed by atoms with van der Waals surface area (Å²) in [6, 6.07) is 0. The van der Waals surface area contributed by atoms with Crippen molar-refractivity contribution in [2.45, 2.75) is 277 Å². The van der Waals surface area contributed by atoms with E-state index >= 15 is 0 Å². The number of esters is 3. The van der Waals surface area contributed by atoms with Crippen LogP contribution >= 0.6 is 0 Å². The monoisotopic (exact) mass is 843 g/mol. The summed E-state index contributed by atoms with van der Waals surface area (Å²) in [5, 5.41) is 0. The molecule has 0 amide bonds. The second kappa shape index (κ2) is 49.3. The van der Waals surface area contributed by atoms with Crippen molar-refractivity contribution in [1.29, 1.82) is 0 Å². The van der Waals surface area contributed by atoms with Gasteiger partial charge in [-0.2, -0.15) is 0 Å². The lowest BCUT2D eigenvalue weighted by Crippen LogP contribution is -2.30. The van der Waals surface area contributed by atoms with Gasteiger partial charge >= 0.3 is 17.9 Å². The number of carbonyl (C=O) groups excluding carboxylic acids is 3. The fourth-order valence-electron chi connectivity index (χ4n) is 7.41. The van der Waals surface area contributed by atoms with Gasteiger partial charge in [-0.25, -0.2) is 0 Å². The highest BCUT2D eigenvalue weighted by molar-refractivity contribution is 5.71. The fraction of sp³-hybridized carbons (Fsp3) is 0.833. The van der Waals surface area contributed by atoms with Crippen LogP contribution in [0.5, 0.6) is 0 Å². The predicted molar refractivity (Wildman–Crippen MR) is 256 cm³/mol. The molecule has 60 heavy (non-hydrogen) atoms. The average molecular weight is 843 g/mol. The molecule has 0 N–H and O–H groups in total. The van der Waals surface area contributed by atoms with Gasteiger partial charge in [0.25, 0.3) is 0 Å². The molecule has 0 fully saturated rings. The van der Waals surface area contributed by atoms with Crippen molar-refractivity contribution in [2.75, 3.05) is 13.2 Å². The minimum atomic E-state index is -0.773. The first-order valence-electron chi connectivity index (χ1n) is 26.0. The summed E-state index contributed by atoms with van der Waals surface area (Å²) in [6.45, 7) is 6.57. The lowest BCUT2D eigenvalue weighted by molar-refractivity contribution is -0.167. The Morgan fingerprint density at radius 1 is 0.333 bits per heavy atom. The fourth-order valence-corrected chi connectivity index (χ4v) is 7.41. The maximum absolute atomic E-state index is 12.8. The van der Waals surface area contributed by atoms with Crippen LogP contribution in [0.1, 0.15) is 271 Å². The SMILES string of the molecule is CCCC/C=C\CCCCCCC(=O)OCC(COC(=O)CCCCCCCCCCCC/C=C\C=C/CCCCC)OC(=O)CCCCCCCCCCCCCCC. The van der Waals surface area contributed by atoms with Gasteiger partial charge in [-0.05, 0) is 64.2 Å². The Labute approximate surface area is 372 Å². The largest absolute Gasteiger partial charge is 0.462 e. The van der Waals surface area contributed by atoms with Crippen molar-refractivity contribution in [3.63, 3.8) is 0 Å². The molecular weight excluding hydrogens is 745 g/mol. The quantitative estimate of drug-likeness (QED) is 0.0200. The summed E-state index contributed by atoms with van der Waals surface area (Å²) in [6.07, 6.45) is 57.0. The molecule has 0 aromatic heterocycles. The van der Waals surface area contributed by atoms with Gasteiger partial charge in [-0.3, -0.25) is 14.4 Å². The number of allylic oxidation sites excluding steroid dienone is 6. The van der Waals surface area contributed by atoms with E-state index in [-0.39, 0.29) is 31.1 Å². The molecule has 0 saturated heterocycles. The molecule has 6 heteroatoms. The van der Waals surface area contributed by atoms with Gasteiger partial charge < -0.3 is 14.2 Å². The van der Waals surface area contributed by atoms with Gasteiger partial charge in [0.15, 0.2) is 6.10 Å². The van der Waals surface area contributed by atoms with E-state index in [0.29, 0.717) is 19.3 Å². The highest BCUT2D eigenvalue weighted by atomic mass is 16.6. The highest BCUT2D eigenvalue weighted by Gasteiger charge is 2.19. The number of ether oxygens (including phenoxy) is 3. The molecule has 0 heterocycles. The van der Waals surface area contributed by atoms with Crippen molar-refractivity contribution in [2.24, 2.45) is 0 Å². The van der Waals surface area contributed by atoms with Crippen LogP contribution in [0, 0.1) is 0 Å². The van der Waals surface area contributed by atoms with Crippen LogP contribution in [0.3, 0.4) is 0 Å². The highest BCUT2D eigenvalue weighted by Crippen LogP contribution is 2.16. The predicted octanol–water partition coefficient (Wildman–Crippen LogP) is 16.9. The molecule has 0 radical (unpaired) electrons. The first-order valence-corrected chi connectivity index (χ1v) is 26.0. The van der Waals surface area contributed by atoms with Crippen molar-refractivity contribution in [3.05, 3.63) is 36.5 Å². The summed E-state index contributed by atoms with van der Waals surface area (Å²) in [4.78, 5) is 37.9. The van der Waals surface area contributed by atoms with Crippen LogP contribution in [-0.4, -0.2) is 37.2 Å². The number of unbranched alkanes of at least 4 members (excludes halogenated alkanes) is 31. The second-order valence-corrected chi connectivity index (χ2v) is 17.5. The summed E-state index contributed by atoms with van der Waals surface area (Å²) >= 11 is 0. The number of hydrogen-bond donors (Lipinski definition) is 0. The Kier molecular flexibility index (Phi) is 47.3. The molecule has 0 rings (SSSR count). The van der Waals surface area contributed by atoms with Crippen molar-refractivity contribution in [1.82, 2.24) is 0 Å². The van der Waals surface area contributed by atoms with E-state index in [2.05, 4.69) is 57.2 Å². The van der Waals surface area contributed by atoms with Gasteiger partial charge in [0.05, 0.1) is 0 Å². The number of hydrogen-bond acceptors (Lipinski definition) is 6. The zero-order chi connectivity index (χ0) is 43.7. The second-order valence-electron chi connectivity index (χ2n) is 17.5. The molecule has 0 bridgehead atoms. The Morgan fingerprint density at radius 2 is 0.617 bits per heavy atom. The van der Waals surface area contributed by atoms with Crippen molar-refractivity contribution < 1.29 is 28.6 Å². The zero-order valence-corrected chi connectivity index (χ0v) is 40.0. The third kappa shape index (κ3) is 46.7. The van der Waals surface area contributed by atoms with Crippen molar-refractivity contribution >= 4 is 17.9 Å². The van der Waals surface area contributed by atoms with Gasteiger partial charge in [0.1, 0.15) is 13.2 Å². The van der Waals surface area contributed by atoms with Gasteiger partial charge in [0, 0.05) is 19.3 Å². The van der Waals surface area contributed by atoms with E-state index in [1.807, 2.05) is 0 Å². The van der Waals surface area contributed by atoms with Crippen LogP contribution in [0.2, 0.25) is 0 Å². The van der Waals surface area contributed by atoms with E-state index in [1.165, 1.54) is 154 Å². The lowest BCUT2D eigenvalue weighted by Gasteiger charge is -2.18. The molecule has 1 unspecified atom stereocenters. The Morgan fingerprint density at radius 3 is 1.02 bits per heavy atom. The Bertz CT molecular complexity index is 1020. The molecular formula is C54H98O6. The van der Waals surface area contributed by atoms with Crippen LogP contribution in [0.4, 0.5) is 0 Å². The Balaban J connectivity index is 4.29. The molecule has 6 nitrogen and oxygen atoms in total. The minimum absolute atomic E-state index is 0.0747. The maximum atomic E-state index is 12.8. The third-order valence-corrected chi connectivity index (χ3v) is 11.4. The Hall–Kier alpha value is -2.37. The standard InChI is InChI=1S/C54H98O6/c1-4-7-10-13-16-19-22-24-25-26-27-28-29-31-32-35-38-41-44-47-53(56)59-50-51(49-58-52(55)46-43-40-37-34-21-18-15-12-9-6-3)60-54(57)48-45-42-39-36-33-30-23-20-17-14-11-8-5-2/h15-16,18-19,22,24,51H,4-14,17,20-21,23,25-50H2,1-3H3/b18-15-,19-16-,24-22-. The van der Waals surface area contributed by atoms with E-state index in [1.54, 1.807) is 0 Å². The van der Waals surface area contributed by atoms with Gasteiger partial charge in [0.2, 0.25) is 0 Å². The van der Waals surface area contributed by atoms with Crippen LogP contribution < -0.4 is 0 Å². The zero-order valence-electron chi connectivity index (χ0n) is 40.0. The molecule has 350 valence electrons. The topological polar surface area (TPSA) is 78.9 Å². The molecule has 0 saturated carbocycles. The van der Waals surface area contributed by atoms with E-state index in [9.17, 15) is 14.4 Å². The first kappa shape index (κ1) is 57.6. The molecule has 0 aliphatic carbocycles. The molecule has 0 aliphatic heterocycles. The van der Waals surface area contributed by atoms with E-state index in [0.717, 1.165) is 77.0 Å². The molecule has 0 aliphatic rings. The number of rotatable bonds is 47. The van der Waals surface area contributed by atoms with E-state index in [4.69, 9.17) is 14.2 Å². The minimum Gasteiger partial charge on any atom is -0.462 e. The summed E-state index contributed by atoms with van der Waals surface area (Å²) in [5.74, 6) is -0.882. The third-order valence-electron chi connectivity index (χ3n) is 11.4.